The molecule has 20 heavy (non-hydrogen) atoms. The molecule has 11 nitrogen and oxygen atoms in total. The standard InChI is InChI=1S/C9H13N5O6/c10-7(18)3-4(8(11)19)13-14(12-3)9-6(17)5(16)2(1-15)20-9/h2,5-6,9,15-17H,1H2,(H2,10,18)(H2,11,19)/t2-,5-,6-,9-/m0/s1. The number of carbonyl (C=O) groups excluding carboxylic acids is 2. The van der Waals surface area contributed by atoms with E-state index in [0.29, 0.717) is 4.80 Å². The Bertz CT molecular complexity index is 513. The van der Waals surface area contributed by atoms with Crippen LogP contribution in [0.4, 0.5) is 0 Å². The van der Waals surface area contributed by atoms with Gasteiger partial charge in [0.1, 0.15) is 18.3 Å². The van der Waals surface area contributed by atoms with Crippen molar-refractivity contribution in [1.29, 1.82) is 0 Å². The molecule has 1 aliphatic heterocycles. The number of amides is 2. The van der Waals surface area contributed by atoms with E-state index in [2.05, 4.69) is 10.2 Å². The molecule has 2 amide bonds. The summed E-state index contributed by atoms with van der Waals surface area (Å²) in [4.78, 5) is 23.0. The van der Waals surface area contributed by atoms with Crippen LogP contribution < -0.4 is 11.5 Å². The molecule has 2 heterocycles. The molecular formula is C9H13N5O6. The number of aliphatic hydroxyl groups excluding tert-OH is 3. The van der Waals surface area contributed by atoms with E-state index < -0.39 is 54.3 Å². The third-order valence-electron chi connectivity index (χ3n) is 2.84. The maximum absolute atomic E-state index is 11.1. The average Bonchev–Trinajstić information content (AvgIpc) is 2.93. The molecule has 4 atom stereocenters. The molecule has 1 aromatic heterocycles. The van der Waals surface area contributed by atoms with Crippen LogP contribution in [-0.4, -0.2) is 67.0 Å². The van der Waals surface area contributed by atoms with Crippen LogP contribution in [0.25, 0.3) is 0 Å². The highest BCUT2D eigenvalue weighted by Gasteiger charge is 2.45. The van der Waals surface area contributed by atoms with E-state index in [-0.39, 0.29) is 0 Å². The fraction of sp³-hybridized carbons (Fsp3) is 0.556. The lowest BCUT2D eigenvalue weighted by Crippen LogP contribution is -2.33. The molecule has 0 saturated carbocycles. The van der Waals surface area contributed by atoms with Crippen molar-refractivity contribution in [3.05, 3.63) is 11.4 Å². The minimum absolute atomic E-state index is 0.477. The maximum atomic E-state index is 11.1. The number of rotatable bonds is 4. The summed E-state index contributed by atoms with van der Waals surface area (Å²) in [7, 11) is 0. The quantitative estimate of drug-likeness (QED) is 0.371. The van der Waals surface area contributed by atoms with Crippen LogP contribution in [0, 0.1) is 0 Å². The van der Waals surface area contributed by atoms with Crippen molar-refractivity contribution in [1.82, 2.24) is 15.0 Å². The van der Waals surface area contributed by atoms with Crippen LogP contribution in [-0.2, 0) is 4.74 Å². The maximum Gasteiger partial charge on any atom is 0.271 e. The summed E-state index contributed by atoms with van der Waals surface area (Å²) < 4.78 is 5.13. The topological polar surface area (TPSA) is 187 Å². The van der Waals surface area contributed by atoms with Crippen molar-refractivity contribution in [2.24, 2.45) is 11.5 Å². The van der Waals surface area contributed by atoms with Gasteiger partial charge >= 0.3 is 0 Å². The normalized spacial score (nSPS) is 29.6. The number of hydrogen-bond donors (Lipinski definition) is 5. The van der Waals surface area contributed by atoms with Crippen molar-refractivity contribution in [3.63, 3.8) is 0 Å². The molecule has 2 rings (SSSR count). The van der Waals surface area contributed by atoms with E-state index in [1.54, 1.807) is 0 Å². The lowest BCUT2D eigenvalue weighted by atomic mass is 10.1. The first-order chi connectivity index (χ1) is 9.36. The van der Waals surface area contributed by atoms with Crippen molar-refractivity contribution < 1.29 is 29.6 Å². The number of nitrogens with two attached hydrogens (primary N) is 2. The summed E-state index contributed by atoms with van der Waals surface area (Å²) in [5.74, 6) is -2.06. The van der Waals surface area contributed by atoms with Crippen molar-refractivity contribution in [2.45, 2.75) is 24.5 Å². The van der Waals surface area contributed by atoms with Crippen molar-refractivity contribution >= 4 is 11.8 Å². The van der Waals surface area contributed by atoms with Gasteiger partial charge in [-0.3, -0.25) is 9.59 Å². The van der Waals surface area contributed by atoms with Gasteiger partial charge in [-0.1, -0.05) is 0 Å². The Balaban J connectivity index is 2.37. The van der Waals surface area contributed by atoms with Crippen LogP contribution in [0.15, 0.2) is 0 Å². The molecule has 0 aliphatic carbocycles. The predicted octanol–water partition coefficient (Wildman–Crippen LogP) is -3.91. The Morgan fingerprint density at radius 2 is 1.65 bits per heavy atom. The van der Waals surface area contributed by atoms with Crippen LogP contribution in [0.3, 0.4) is 0 Å². The van der Waals surface area contributed by atoms with Crippen LogP contribution >= 0.6 is 0 Å². The summed E-state index contributed by atoms with van der Waals surface area (Å²) in [5, 5.41) is 35.6. The summed E-state index contributed by atoms with van der Waals surface area (Å²) in [6.07, 6.45) is -5.16. The van der Waals surface area contributed by atoms with Crippen LogP contribution in [0.1, 0.15) is 27.2 Å². The molecule has 1 fully saturated rings. The second kappa shape index (κ2) is 5.13. The molecular weight excluding hydrogens is 274 g/mol. The SMILES string of the molecule is NC(=O)c1nn([C@H]2O[C@@H](CO)[C@H](O)[C@@H]2O)nc1C(N)=O. The fourth-order valence-corrected chi connectivity index (χ4v) is 1.84. The number of primary amides is 2. The second-order valence-corrected chi connectivity index (χ2v) is 4.17. The Morgan fingerprint density at radius 1 is 1.15 bits per heavy atom. The zero-order valence-electron chi connectivity index (χ0n) is 10.1. The third-order valence-corrected chi connectivity index (χ3v) is 2.84. The zero-order valence-corrected chi connectivity index (χ0v) is 10.1. The minimum atomic E-state index is -1.46. The lowest BCUT2D eigenvalue weighted by molar-refractivity contribution is -0.0656. The number of carbonyl (C=O) groups is 2. The smallest absolute Gasteiger partial charge is 0.271 e. The number of ether oxygens (including phenoxy) is 1. The van der Waals surface area contributed by atoms with E-state index in [1.807, 2.05) is 0 Å². The first-order valence-electron chi connectivity index (χ1n) is 5.55. The van der Waals surface area contributed by atoms with Crippen molar-refractivity contribution in [2.75, 3.05) is 6.61 Å². The highest BCUT2D eigenvalue weighted by molar-refractivity contribution is 6.03. The molecule has 0 unspecified atom stereocenters. The van der Waals surface area contributed by atoms with E-state index in [0.717, 1.165) is 0 Å². The molecule has 11 heteroatoms. The van der Waals surface area contributed by atoms with E-state index in [9.17, 15) is 19.8 Å². The predicted molar refractivity (Wildman–Crippen MR) is 60.1 cm³/mol. The van der Waals surface area contributed by atoms with Crippen LogP contribution in [0.5, 0.6) is 0 Å². The second-order valence-electron chi connectivity index (χ2n) is 4.17. The van der Waals surface area contributed by atoms with Gasteiger partial charge in [-0.25, -0.2) is 0 Å². The Labute approximate surface area is 111 Å². The number of nitrogens with zero attached hydrogens (tertiary/aromatic N) is 3. The number of aromatic nitrogens is 3. The van der Waals surface area contributed by atoms with Gasteiger partial charge in [0.25, 0.3) is 11.8 Å². The number of hydrogen-bond acceptors (Lipinski definition) is 8. The van der Waals surface area contributed by atoms with Gasteiger partial charge in [-0.05, 0) is 0 Å². The highest BCUT2D eigenvalue weighted by atomic mass is 16.6. The van der Waals surface area contributed by atoms with Gasteiger partial charge < -0.3 is 31.5 Å². The molecule has 1 aromatic rings. The van der Waals surface area contributed by atoms with Gasteiger partial charge in [0.05, 0.1) is 6.61 Å². The van der Waals surface area contributed by atoms with Gasteiger partial charge in [0, 0.05) is 0 Å². The Hall–Kier alpha value is -2.08. The first kappa shape index (κ1) is 14.3. The molecule has 7 N–H and O–H groups in total. The average molecular weight is 287 g/mol. The summed E-state index contributed by atoms with van der Waals surface area (Å²) in [5.41, 5.74) is 9.10. The highest BCUT2D eigenvalue weighted by Crippen LogP contribution is 2.28. The van der Waals surface area contributed by atoms with E-state index >= 15 is 0 Å². The summed E-state index contributed by atoms with van der Waals surface area (Å²) in [6.45, 7) is -0.540. The van der Waals surface area contributed by atoms with Gasteiger partial charge in [0.15, 0.2) is 17.6 Å². The number of aliphatic hydroxyl groups is 3. The zero-order chi connectivity index (χ0) is 15.0. The Kier molecular flexibility index (Phi) is 3.67. The summed E-state index contributed by atoms with van der Waals surface area (Å²) >= 11 is 0. The van der Waals surface area contributed by atoms with Crippen LogP contribution in [0.2, 0.25) is 0 Å². The monoisotopic (exact) mass is 287 g/mol. The summed E-state index contributed by atoms with van der Waals surface area (Å²) in [6, 6.07) is 0. The molecule has 110 valence electrons. The van der Waals surface area contributed by atoms with E-state index in [4.69, 9.17) is 21.3 Å². The van der Waals surface area contributed by atoms with Gasteiger partial charge in [0.2, 0.25) is 0 Å². The fourth-order valence-electron chi connectivity index (χ4n) is 1.84. The first-order valence-corrected chi connectivity index (χ1v) is 5.55. The third kappa shape index (κ3) is 2.22. The molecule has 0 bridgehead atoms. The molecule has 1 saturated heterocycles. The largest absolute Gasteiger partial charge is 0.394 e. The molecule has 1 aliphatic rings. The molecule has 0 spiro atoms. The van der Waals surface area contributed by atoms with Gasteiger partial charge in [-0.2, -0.15) is 4.80 Å². The molecule has 0 radical (unpaired) electrons. The molecule has 0 aromatic carbocycles. The van der Waals surface area contributed by atoms with Gasteiger partial charge in [-0.15, -0.1) is 10.2 Å². The van der Waals surface area contributed by atoms with Crippen molar-refractivity contribution in [3.8, 4) is 0 Å². The minimum Gasteiger partial charge on any atom is -0.394 e. The lowest BCUT2D eigenvalue weighted by Gasteiger charge is -2.12. The Morgan fingerprint density at radius 3 is 2.00 bits per heavy atom. The van der Waals surface area contributed by atoms with E-state index in [1.165, 1.54) is 0 Å².